The molecule has 0 saturated carbocycles. The van der Waals surface area contributed by atoms with E-state index in [0.29, 0.717) is 36.3 Å². The Hall–Kier alpha value is -2.32. The van der Waals surface area contributed by atoms with E-state index in [1.807, 2.05) is 0 Å². The molecule has 0 bridgehead atoms. The first-order valence-electron chi connectivity index (χ1n) is 11.3. The summed E-state index contributed by atoms with van der Waals surface area (Å²) in [6, 6.07) is 8.98. The molecule has 32 heavy (non-hydrogen) atoms. The molecule has 6 nitrogen and oxygen atoms in total. The molecular formula is C24H28N4O2S2. The first kappa shape index (κ1) is 21.5. The van der Waals surface area contributed by atoms with Gasteiger partial charge in [-0.05, 0) is 49.8 Å². The van der Waals surface area contributed by atoms with Gasteiger partial charge in [-0.1, -0.05) is 18.2 Å². The number of thioether (sulfide) groups is 1. The van der Waals surface area contributed by atoms with Gasteiger partial charge in [0.1, 0.15) is 10.7 Å². The molecule has 0 saturated heterocycles. The summed E-state index contributed by atoms with van der Waals surface area (Å²) in [5, 5.41) is 3.85. The van der Waals surface area contributed by atoms with Crippen LogP contribution in [-0.4, -0.2) is 40.8 Å². The average Bonchev–Trinajstić information content (AvgIpc) is 3.44. The van der Waals surface area contributed by atoms with E-state index in [1.165, 1.54) is 21.7 Å². The number of amides is 1. The number of H-pyrrole nitrogens is 1. The summed E-state index contributed by atoms with van der Waals surface area (Å²) in [5.41, 5.74) is 3.88. The van der Waals surface area contributed by atoms with Crippen molar-refractivity contribution in [3.63, 3.8) is 0 Å². The fourth-order valence-electron chi connectivity index (χ4n) is 4.82. The molecule has 0 spiro atoms. The molecule has 8 heteroatoms. The van der Waals surface area contributed by atoms with Gasteiger partial charge in [-0.15, -0.1) is 11.3 Å². The molecule has 0 radical (unpaired) electrons. The van der Waals surface area contributed by atoms with E-state index in [2.05, 4.69) is 51.4 Å². The number of hydrogen-bond acceptors (Lipinski definition) is 6. The van der Waals surface area contributed by atoms with Crippen LogP contribution in [0.25, 0.3) is 10.2 Å². The lowest BCUT2D eigenvalue weighted by Crippen LogP contribution is -2.37. The van der Waals surface area contributed by atoms with E-state index in [4.69, 9.17) is 0 Å². The molecule has 1 atom stereocenters. The second-order valence-electron chi connectivity index (χ2n) is 8.58. The summed E-state index contributed by atoms with van der Waals surface area (Å²) in [7, 11) is 0. The number of nitrogens with one attached hydrogen (secondary N) is 2. The van der Waals surface area contributed by atoms with E-state index in [9.17, 15) is 9.59 Å². The SMILES string of the molecule is CC1Cc2ccccc2N1CCNC(=O)CCSCc1nc2sc3c(c2c(=O)[nH]1)CCC3. The molecule has 168 valence electrons. The smallest absolute Gasteiger partial charge is 0.259 e. The normalized spacial score (nSPS) is 17.0. The largest absolute Gasteiger partial charge is 0.367 e. The lowest BCUT2D eigenvalue weighted by atomic mass is 10.1. The van der Waals surface area contributed by atoms with E-state index in [-0.39, 0.29) is 11.5 Å². The monoisotopic (exact) mass is 468 g/mol. The molecule has 1 aliphatic carbocycles. The van der Waals surface area contributed by atoms with Crippen LogP contribution in [0.2, 0.25) is 0 Å². The van der Waals surface area contributed by atoms with Gasteiger partial charge in [0.2, 0.25) is 5.91 Å². The standard InChI is InChI=1S/C24H28N4O2S2/c1-15-13-16-5-2-3-7-18(16)28(15)11-10-25-21(29)9-12-31-14-20-26-23(30)22-17-6-4-8-19(17)32-24(22)27-20/h2-3,5,7,15H,4,6,8-14H2,1H3,(H,25,29)(H,26,27,30). The number of fused-ring (bicyclic) bond motifs is 4. The average molecular weight is 469 g/mol. The van der Waals surface area contributed by atoms with Crippen LogP contribution in [0.15, 0.2) is 29.1 Å². The number of carbonyl (C=O) groups excluding carboxylic acids is 1. The Kier molecular flexibility index (Phi) is 6.24. The maximum absolute atomic E-state index is 12.5. The number of rotatable bonds is 8. The molecule has 1 aliphatic heterocycles. The topological polar surface area (TPSA) is 78.1 Å². The summed E-state index contributed by atoms with van der Waals surface area (Å²) < 4.78 is 0. The summed E-state index contributed by atoms with van der Waals surface area (Å²) in [6.07, 6.45) is 4.73. The molecule has 1 aromatic carbocycles. The van der Waals surface area contributed by atoms with Crippen molar-refractivity contribution in [3.8, 4) is 0 Å². The number of nitrogens with zero attached hydrogens (tertiary/aromatic N) is 2. The van der Waals surface area contributed by atoms with Gasteiger partial charge in [-0.3, -0.25) is 9.59 Å². The van der Waals surface area contributed by atoms with Crippen molar-refractivity contribution < 1.29 is 4.79 Å². The second-order valence-corrected chi connectivity index (χ2v) is 10.8. The summed E-state index contributed by atoms with van der Waals surface area (Å²) in [4.78, 5) is 37.0. The van der Waals surface area contributed by atoms with Crippen molar-refractivity contribution in [2.24, 2.45) is 0 Å². The van der Waals surface area contributed by atoms with Crippen LogP contribution in [-0.2, 0) is 29.8 Å². The third kappa shape index (κ3) is 4.30. The minimum atomic E-state index is -0.0135. The minimum absolute atomic E-state index is 0.0135. The van der Waals surface area contributed by atoms with E-state index < -0.39 is 0 Å². The van der Waals surface area contributed by atoms with Gasteiger partial charge in [0.05, 0.1) is 11.1 Å². The van der Waals surface area contributed by atoms with Crippen LogP contribution in [0.5, 0.6) is 0 Å². The van der Waals surface area contributed by atoms with Crippen LogP contribution in [0.4, 0.5) is 5.69 Å². The lowest BCUT2D eigenvalue weighted by Gasteiger charge is -2.25. The highest BCUT2D eigenvalue weighted by atomic mass is 32.2. The summed E-state index contributed by atoms with van der Waals surface area (Å²) in [6.45, 7) is 3.71. The van der Waals surface area contributed by atoms with Gasteiger partial charge in [0.15, 0.2) is 0 Å². The van der Waals surface area contributed by atoms with Crippen LogP contribution in [0, 0.1) is 0 Å². The van der Waals surface area contributed by atoms with Gasteiger partial charge in [0.25, 0.3) is 5.56 Å². The molecule has 1 unspecified atom stereocenters. The van der Waals surface area contributed by atoms with Gasteiger partial charge in [0, 0.05) is 41.9 Å². The molecule has 3 heterocycles. The fourth-order valence-corrected chi connectivity index (χ4v) is 6.91. The van der Waals surface area contributed by atoms with Crippen LogP contribution < -0.4 is 15.8 Å². The minimum Gasteiger partial charge on any atom is -0.367 e. The Bertz CT molecular complexity index is 1200. The Morgan fingerprint density at radius 2 is 2.22 bits per heavy atom. The van der Waals surface area contributed by atoms with Crippen molar-refractivity contribution in [1.29, 1.82) is 0 Å². The zero-order valence-corrected chi connectivity index (χ0v) is 19.9. The number of aromatic amines is 1. The number of thiophene rings is 1. The second kappa shape index (κ2) is 9.27. The number of hydrogen-bond donors (Lipinski definition) is 2. The maximum atomic E-state index is 12.5. The molecular weight excluding hydrogens is 440 g/mol. The van der Waals surface area contributed by atoms with Gasteiger partial charge in [-0.25, -0.2) is 4.98 Å². The zero-order valence-electron chi connectivity index (χ0n) is 18.3. The third-order valence-corrected chi connectivity index (χ3v) is 8.52. The van der Waals surface area contributed by atoms with Gasteiger partial charge in [-0.2, -0.15) is 11.8 Å². The predicted molar refractivity (Wildman–Crippen MR) is 133 cm³/mol. The molecule has 1 amide bonds. The Morgan fingerprint density at radius 3 is 3.12 bits per heavy atom. The number of carbonyl (C=O) groups is 1. The highest BCUT2D eigenvalue weighted by Gasteiger charge is 2.25. The van der Waals surface area contributed by atoms with Crippen LogP contribution in [0.3, 0.4) is 0 Å². The zero-order chi connectivity index (χ0) is 22.1. The number of anilines is 1. The van der Waals surface area contributed by atoms with E-state index in [0.717, 1.165) is 42.4 Å². The van der Waals surface area contributed by atoms with E-state index >= 15 is 0 Å². The molecule has 2 aliphatic rings. The predicted octanol–water partition coefficient (Wildman–Crippen LogP) is 3.66. The van der Waals surface area contributed by atoms with Crippen molar-refractivity contribution in [3.05, 3.63) is 56.4 Å². The Labute approximate surface area is 195 Å². The van der Waals surface area contributed by atoms with Crippen LogP contribution in [0.1, 0.15) is 41.6 Å². The highest BCUT2D eigenvalue weighted by Crippen LogP contribution is 2.34. The fraction of sp³-hybridized carbons (Fsp3) is 0.458. The van der Waals surface area contributed by atoms with E-state index in [1.54, 1.807) is 23.1 Å². The van der Waals surface area contributed by atoms with Gasteiger partial charge < -0.3 is 15.2 Å². The van der Waals surface area contributed by atoms with Crippen molar-refractivity contribution >= 4 is 44.9 Å². The highest BCUT2D eigenvalue weighted by molar-refractivity contribution is 7.98. The molecule has 2 aromatic heterocycles. The summed E-state index contributed by atoms with van der Waals surface area (Å²) >= 11 is 3.30. The Morgan fingerprint density at radius 1 is 1.34 bits per heavy atom. The number of benzene rings is 1. The Balaban J connectivity index is 1.06. The third-order valence-electron chi connectivity index (χ3n) is 6.36. The molecule has 5 rings (SSSR count). The number of aryl methyl sites for hydroxylation is 2. The molecule has 0 fully saturated rings. The van der Waals surface area contributed by atoms with Crippen molar-refractivity contribution in [2.45, 2.75) is 50.8 Å². The lowest BCUT2D eigenvalue weighted by molar-refractivity contribution is -0.120. The molecule has 3 aromatic rings. The molecule has 2 N–H and O–H groups in total. The number of aromatic nitrogens is 2. The summed E-state index contributed by atoms with van der Waals surface area (Å²) in [5.74, 6) is 2.10. The van der Waals surface area contributed by atoms with Gasteiger partial charge >= 0.3 is 0 Å². The first-order valence-corrected chi connectivity index (χ1v) is 13.3. The van der Waals surface area contributed by atoms with Crippen molar-refractivity contribution in [1.82, 2.24) is 15.3 Å². The first-order chi connectivity index (χ1) is 15.6. The van der Waals surface area contributed by atoms with Crippen molar-refractivity contribution in [2.75, 3.05) is 23.7 Å². The maximum Gasteiger partial charge on any atom is 0.259 e. The quantitative estimate of drug-likeness (QED) is 0.493. The van der Waals surface area contributed by atoms with Crippen LogP contribution >= 0.6 is 23.1 Å². The number of para-hydroxylation sites is 1.